The maximum atomic E-state index is 12.4. The van der Waals surface area contributed by atoms with E-state index in [-0.39, 0.29) is 23.9 Å². The van der Waals surface area contributed by atoms with Gasteiger partial charge in [0, 0.05) is 6.54 Å². The standard InChI is InChI=1S/C13H15F3N2OS/c1-2-18(8-11(17)20)12(19)7-9-3-5-10(6-4-9)13(14,15)16/h3-6H,2,7-8H2,1H3,(H2,17,20). The van der Waals surface area contributed by atoms with Gasteiger partial charge in [0.1, 0.15) is 0 Å². The van der Waals surface area contributed by atoms with E-state index in [9.17, 15) is 18.0 Å². The fourth-order valence-corrected chi connectivity index (χ4v) is 1.82. The van der Waals surface area contributed by atoms with Gasteiger partial charge in [-0.25, -0.2) is 0 Å². The van der Waals surface area contributed by atoms with Crippen molar-refractivity contribution in [2.45, 2.75) is 19.5 Å². The summed E-state index contributed by atoms with van der Waals surface area (Å²) in [4.78, 5) is 13.6. The first-order valence-electron chi connectivity index (χ1n) is 5.96. The Kier molecular flexibility index (Phi) is 5.50. The molecule has 0 aliphatic carbocycles. The van der Waals surface area contributed by atoms with Gasteiger partial charge in [-0.2, -0.15) is 13.2 Å². The lowest BCUT2D eigenvalue weighted by Gasteiger charge is -2.20. The quantitative estimate of drug-likeness (QED) is 0.850. The van der Waals surface area contributed by atoms with Gasteiger partial charge in [-0.05, 0) is 24.6 Å². The molecule has 0 saturated carbocycles. The minimum Gasteiger partial charge on any atom is -0.392 e. The molecule has 0 unspecified atom stereocenters. The minimum atomic E-state index is -4.37. The molecule has 20 heavy (non-hydrogen) atoms. The first kappa shape index (κ1) is 16.4. The van der Waals surface area contributed by atoms with E-state index >= 15 is 0 Å². The normalized spacial score (nSPS) is 11.2. The Morgan fingerprint density at radius 3 is 2.25 bits per heavy atom. The van der Waals surface area contributed by atoms with E-state index in [1.165, 1.54) is 17.0 Å². The van der Waals surface area contributed by atoms with Gasteiger partial charge in [-0.1, -0.05) is 24.4 Å². The molecule has 0 bridgehead atoms. The maximum Gasteiger partial charge on any atom is 0.416 e. The fourth-order valence-electron chi connectivity index (χ4n) is 1.66. The van der Waals surface area contributed by atoms with Crippen molar-refractivity contribution < 1.29 is 18.0 Å². The van der Waals surface area contributed by atoms with E-state index in [1.54, 1.807) is 6.92 Å². The predicted octanol–water partition coefficient (Wildman–Crippen LogP) is 2.38. The highest BCUT2D eigenvalue weighted by Crippen LogP contribution is 2.29. The number of carbonyl (C=O) groups is 1. The third-order valence-corrected chi connectivity index (χ3v) is 2.85. The summed E-state index contributed by atoms with van der Waals surface area (Å²) < 4.78 is 37.2. The van der Waals surface area contributed by atoms with Crippen LogP contribution in [0.3, 0.4) is 0 Å². The summed E-state index contributed by atoms with van der Waals surface area (Å²) in [5.74, 6) is -0.222. The molecule has 1 amide bonds. The molecule has 1 aromatic rings. The maximum absolute atomic E-state index is 12.4. The molecule has 0 atom stereocenters. The SMILES string of the molecule is CCN(CC(N)=S)C(=O)Cc1ccc(C(F)(F)F)cc1. The van der Waals surface area contributed by atoms with Crippen molar-refractivity contribution in [1.29, 1.82) is 0 Å². The summed E-state index contributed by atoms with van der Waals surface area (Å²) >= 11 is 4.74. The molecule has 0 saturated heterocycles. The molecule has 0 spiro atoms. The largest absolute Gasteiger partial charge is 0.416 e. The Morgan fingerprint density at radius 2 is 1.85 bits per heavy atom. The molecule has 7 heteroatoms. The highest BCUT2D eigenvalue weighted by molar-refractivity contribution is 7.80. The Balaban J connectivity index is 2.73. The van der Waals surface area contributed by atoms with Crippen LogP contribution in [0.2, 0.25) is 0 Å². The summed E-state index contributed by atoms with van der Waals surface area (Å²) in [6, 6.07) is 4.53. The molecule has 1 aromatic carbocycles. The highest BCUT2D eigenvalue weighted by Gasteiger charge is 2.30. The van der Waals surface area contributed by atoms with Gasteiger partial charge >= 0.3 is 6.18 Å². The number of benzene rings is 1. The second-order valence-corrected chi connectivity index (χ2v) is 4.77. The molecule has 0 fully saturated rings. The third kappa shape index (κ3) is 4.80. The second kappa shape index (κ2) is 6.69. The Bertz CT molecular complexity index is 485. The fraction of sp³-hybridized carbons (Fsp3) is 0.385. The van der Waals surface area contributed by atoms with Crippen LogP contribution in [-0.2, 0) is 17.4 Å². The number of nitrogens with zero attached hydrogens (tertiary/aromatic N) is 1. The second-order valence-electron chi connectivity index (χ2n) is 4.25. The lowest BCUT2D eigenvalue weighted by atomic mass is 10.1. The lowest BCUT2D eigenvalue weighted by molar-refractivity contribution is -0.137. The van der Waals surface area contributed by atoms with Crippen molar-refractivity contribution >= 4 is 23.1 Å². The number of thiocarbonyl (C=S) groups is 1. The molecule has 0 aliphatic rings. The summed E-state index contributed by atoms with van der Waals surface area (Å²) in [5.41, 5.74) is 5.17. The van der Waals surface area contributed by atoms with Gasteiger partial charge in [-0.15, -0.1) is 0 Å². The molecule has 0 heterocycles. The van der Waals surface area contributed by atoms with Crippen molar-refractivity contribution in [3.05, 3.63) is 35.4 Å². The number of hydrogen-bond donors (Lipinski definition) is 1. The van der Waals surface area contributed by atoms with Crippen molar-refractivity contribution in [1.82, 2.24) is 4.90 Å². The molecule has 2 N–H and O–H groups in total. The smallest absolute Gasteiger partial charge is 0.392 e. The van der Waals surface area contributed by atoms with Crippen molar-refractivity contribution in [3.63, 3.8) is 0 Å². The van der Waals surface area contributed by atoms with Crippen LogP contribution in [0.4, 0.5) is 13.2 Å². The van der Waals surface area contributed by atoms with Crippen molar-refractivity contribution in [2.75, 3.05) is 13.1 Å². The van der Waals surface area contributed by atoms with Crippen LogP contribution in [0.5, 0.6) is 0 Å². The molecule has 1 rings (SSSR count). The summed E-state index contributed by atoms with van der Waals surface area (Å²) in [7, 11) is 0. The topological polar surface area (TPSA) is 46.3 Å². The number of carbonyl (C=O) groups excluding carboxylic acids is 1. The first-order chi connectivity index (χ1) is 9.24. The summed E-state index contributed by atoms with van der Waals surface area (Å²) in [5, 5.41) is 0. The Morgan fingerprint density at radius 1 is 1.30 bits per heavy atom. The lowest BCUT2D eigenvalue weighted by Crippen LogP contribution is -2.38. The monoisotopic (exact) mass is 304 g/mol. The van der Waals surface area contributed by atoms with Crippen LogP contribution in [0.25, 0.3) is 0 Å². The average Bonchev–Trinajstić information content (AvgIpc) is 2.35. The zero-order valence-corrected chi connectivity index (χ0v) is 11.7. The summed E-state index contributed by atoms with van der Waals surface area (Å²) in [6.45, 7) is 2.39. The number of amides is 1. The Labute approximate surface area is 120 Å². The molecule has 3 nitrogen and oxygen atoms in total. The number of alkyl halides is 3. The van der Waals surface area contributed by atoms with Crippen molar-refractivity contribution in [2.24, 2.45) is 5.73 Å². The third-order valence-electron chi connectivity index (χ3n) is 2.72. The number of nitrogens with two attached hydrogens (primary N) is 1. The zero-order valence-electron chi connectivity index (χ0n) is 10.9. The molecule has 0 aliphatic heterocycles. The van der Waals surface area contributed by atoms with Gasteiger partial charge < -0.3 is 10.6 Å². The van der Waals surface area contributed by atoms with Gasteiger partial charge in [-0.3, -0.25) is 4.79 Å². The van der Waals surface area contributed by atoms with E-state index in [0.717, 1.165) is 12.1 Å². The molecule has 110 valence electrons. The number of hydrogen-bond acceptors (Lipinski definition) is 2. The van der Waals surface area contributed by atoms with E-state index < -0.39 is 11.7 Å². The molecule has 0 aromatic heterocycles. The summed E-state index contributed by atoms with van der Waals surface area (Å²) in [6.07, 6.45) is -4.35. The number of likely N-dealkylation sites (N-methyl/N-ethyl adjacent to an activating group) is 1. The minimum absolute atomic E-state index is 0.0224. The van der Waals surface area contributed by atoms with Crippen LogP contribution in [-0.4, -0.2) is 28.9 Å². The Hall–Kier alpha value is -1.63. The number of halogens is 3. The van der Waals surface area contributed by atoms with Crippen LogP contribution >= 0.6 is 12.2 Å². The van der Waals surface area contributed by atoms with Crippen LogP contribution < -0.4 is 5.73 Å². The average molecular weight is 304 g/mol. The van der Waals surface area contributed by atoms with Crippen molar-refractivity contribution in [3.8, 4) is 0 Å². The predicted molar refractivity (Wildman–Crippen MR) is 74.2 cm³/mol. The van der Waals surface area contributed by atoms with Gasteiger partial charge in [0.05, 0.1) is 23.5 Å². The zero-order chi connectivity index (χ0) is 15.3. The van der Waals surface area contributed by atoms with E-state index in [0.29, 0.717) is 12.1 Å². The molecular formula is C13H15F3N2OS. The highest BCUT2D eigenvalue weighted by atomic mass is 32.1. The van der Waals surface area contributed by atoms with Gasteiger partial charge in [0.15, 0.2) is 0 Å². The molecule has 0 radical (unpaired) electrons. The van der Waals surface area contributed by atoms with E-state index in [1.807, 2.05) is 0 Å². The number of rotatable bonds is 5. The van der Waals surface area contributed by atoms with Crippen LogP contribution in [0, 0.1) is 0 Å². The van der Waals surface area contributed by atoms with Gasteiger partial charge in [0.25, 0.3) is 0 Å². The van der Waals surface area contributed by atoms with E-state index in [4.69, 9.17) is 18.0 Å². The van der Waals surface area contributed by atoms with E-state index in [2.05, 4.69) is 0 Å². The first-order valence-corrected chi connectivity index (χ1v) is 6.37. The van der Waals surface area contributed by atoms with Gasteiger partial charge in [0.2, 0.25) is 5.91 Å². The van der Waals surface area contributed by atoms with Crippen LogP contribution in [0.1, 0.15) is 18.1 Å². The molecular weight excluding hydrogens is 289 g/mol. The van der Waals surface area contributed by atoms with Crippen LogP contribution in [0.15, 0.2) is 24.3 Å².